The van der Waals surface area contributed by atoms with Crippen LogP contribution in [0.2, 0.25) is 0 Å². The lowest BCUT2D eigenvalue weighted by molar-refractivity contribution is -0.0415. The number of ether oxygens (including phenoxy) is 3. The first-order valence-corrected chi connectivity index (χ1v) is 24.6. The largest absolute Gasteiger partial charge is 0.394 e. The molecule has 0 saturated carbocycles. The summed E-state index contributed by atoms with van der Waals surface area (Å²) in [6, 6.07) is 23.1. The topological polar surface area (TPSA) is 156 Å². The minimum absolute atomic E-state index is 0.0734. The van der Waals surface area contributed by atoms with E-state index in [1.165, 1.54) is 31.4 Å². The van der Waals surface area contributed by atoms with Crippen LogP contribution in [0.3, 0.4) is 0 Å². The summed E-state index contributed by atoms with van der Waals surface area (Å²) in [6.07, 6.45) is 1.83. The average molecular weight is 964 g/mol. The number of hydrogen-bond donors (Lipinski definition) is 2. The molecule has 4 unspecified atom stereocenters. The van der Waals surface area contributed by atoms with Gasteiger partial charge in [0.2, 0.25) is 19.7 Å². The fourth-order valence-electron chi connectivity index (χ4n) is 7.23. The Bertz CT molecular complexity index is 1920. The van der Waals surface area contributed by atoms with E-state index < -0.39 is 75.8 Å². The maximum Gasteiger partial charge on any atom is 0.333 e. The predicted octanol–water partition coefficient (Wildman–Crippen LogP) is 7.27. The van der Waals surface area contributed by atoms with E-state index >= 15 is 0 Å². The van der Waals surface area contributed by atoms with Crippen LogP contribution in [0.5, 0.6) is 0 Å². The van der Waals surface area contributed by atoms with Gasteiger partial charge in [0.25, 0.3) is 0 Å². The first kappa shape index (κ1) is 44.2. The SMILES string of the molecule is CO[C@@H]1C[C@H](S(=O)(=O)c2ccc(Br)cc2)OC1COP(O[C@@H]1C[C@H](S(=O)(=O)c2ccc(Br)cc2)OC1CO)OC(C)(CCc1ccccc1)CC[C@H]1CCCN1. The molecule has 17 heteroatoms. The van der Waals surface area contributed by atoms with Gasteiger partial charge >= 0.3 is 8.60 Å². The van der Waals surface area contributed by atoms with Gasteiger partial charge in [-0.05, 0) is 106 Å². The number of aliphatic hydroxyl groups excluding tert-OH is 1. The Hall–Kier alpha value is -1.37. The number of rotatable bonds is 19. The van der Waals surface area contributed by atoms with E-state index in [9.17, 15) is 21.9 Å². The number of sulfone groups is 2. The lowest BCUT2D eigenvalue weighted by Gasteiger charge is -2.35. The fourth-order valence-corrected chi connectivity index (χ4v) is 12.3. The molecule has 3 fully saturated rings. The quantitative estimate of drug-likeness (QED) is 0.116. The second-order valence-corrected chi connectivity index (χ2v) is 21.8. The maximum atomic E-state index is 13.7. The van der Waals surface area contributed by atoms with Crippen LogP contribution in [0, 0.1) is 0 Å². The van der Waals surface area contributed by atoms with Gasteiger partial charge in [0.15, 0.2) is 10.9 Å². The van der Waals surface area contributed by atoms with Crippen molar-refractivity contribution in [3.8, 4) is 0 Å². The first-order chi connectivity index (χ1) is 26.8. The van der Waals surface area contributed by atoms with E-state index in [4.69, 9.17) is 27.8 Å². The lowest BCUT2D eigenvalue weighted by atomic mass is 9.90. The van der Waals surface area contributed by atoms with Crippen molar-refractivity contribution in [3.63, 3.8) is 0 Å². The van der Waals surface area contributed by atoms with Crippen molar-refractivity contribution >= 4 is 60.1 Å². The summed E-state index contributed by atoms with van der Waals surface area (Å²) >= 11 is 6.70. The molecule has 3 aliphatic heterocycles. The number of halogens is 2. The summed E-state index contributed by atoms with van der Waals surface area (Å²) in [4.78, 5) is 0.217. The number of aryl methyl sites for hydroxylation is 1. The number of methoxy groups -OCH3 is 1. The van der Waals surface area contributed by atoms with Crippen molar-refractivity contribution in [2.24, 2.45) is 0 Å². The molecule has 2 N–H and O–H groups in total. The molecule has 0 amide bonds. The molecule has 12 nitrogen and oxygen atoms in total. The van der Waals surface area contributed by atoms with Crippen molar-refractivity contribution in [3.05, 3.63) is 93.4 Å². The Morgan fingerprint density at radius 3 is 1.98 bits per heavy atom. The van der Waals surface area contributed by atoms with Crippen LogP contribution in [-0.2, 0) is 53.9 Å². The van der Waals surface area contributed by atoms with Crippen LogP contribution in [0.1, 0.15) is 57.4 Å². The van der Waals surface area contributed by atoms with Gasteiger partial charge in [-0.25, -0.2) is 16.8 Å². The molecule has 0 aliphatic carbocycles. The van der Waals surface area contributed by atoms with Crippen molar-refractivity contribution < 1.29 is 49.7 Å². The fraction of sp³-hybridized carbons (Fsp3) is 0.538. The molecule has 3 saturated heterocycles. The van der Waals surface area contributed by atoms with Gasteiger partial charge in [0.1, 0.15) is 12.2 Å². The molecule has 56 heavy (non-hydrogen) atoms. The van der Waals surface area contributed by atoms with Crippen LogP contribution in [0.15, 0.2) is 97.6 Å². The van der Waals surface area contributed by atoms with Gasteiger partial charge in [-0.2, -0.15) is 0 Å². The maximum absolute atomic E-state index is 13.7. The van der Waals surface area contributed by atoms with E-state index in [1.54, 1.807) is 24.3 Å². The summed E-state index contributed by atoms with van der Waals surface area (Å²) in [6.45, 7) is 2.38. The van der Waals surface area contributed by atoms with Gasteiger partial charge in [-0.1, -0.05) is 62.2 Å². The van der Waals surface area contributed by atoms with E-state index in [1.807, 2.05) is 25.1 Å². The van der Waals surface area contributed by atoms with Gasteiger partial charge in [-0.3, -0.25) is 0 Å². The third-order valence-electron chi connectivity index (χ3n) is 10.6. The second kappa shape index (κ2) is 19.8. The van der Waals surface area contributed by atoms with Gasteiger partial charge in [-0.15, -0.1) is 0 Å². The zero-order chi connectivity index (χ0) is 39.9. The van der Waals surface area contributed by atoms with Crippen molar-refractivity contribution in [1.82, 2.24) is 5.32 Å². The molecule has 3 aliphatic rings. The predicted molar refractivity (Wildman–Crippen MR) is 219 cm³/mol. The van der Waals surface area contributed by atoms with Crippen LogP contribution >= 0.6 is 40.5 Å². The zero-order valence-corrected chi connectivity index (χ0v) is 37.1. The highest BCUT2D eigenvalue weighted by Crippen LogP contribution is 2.51. The monoisotopic (exact) mass is 961 g/mol. The van der Waals surface area contributed by atoms with Crippen molar-refractivity contribution in [1.29, 1.82) is 0 Å². The normalized spacial score (nSPS) is 27.3. The molecule has 0 aromatic heterocycles. The molecular weight excluding hydrogens is 913 g/mol. The summed E-state index contributed by atoms with van der Waals surface area (Å²) in [5.74, 6) is 0. The molecule has 3 heterocycles. The Morgan fingerprint density at radius 1 is 0.839 bits per heavy atom. The number of nitrogens with one attached hydrogen (secondary N) is 1. The molecular formula is C39H50Br2NO11PS2. The molecule has 308 valence electrons. The van der Waals surface area contributed by atoms with E-state index in [-0.39, 0.29) is 29.2 Å². The molecule has 3 aromatic carbocycles. The van der Waals surface area contributed by atoms with E-state index in [0.29, 0.717) is 18.9 Å². The summed E-state index contributed by atoms with van der Waals surface area (Å²) < 4.78 is 93.7. The van der Waals surface area contributed by atoms with Crippen LogP contribution in [-0.4, -0.2) is 95.7 Å². The minimum atomic E-state index is -3.95. The van der Waals surface area contributed by atoms with Crippen molar-refractivity contribution in [2.45, 2.75) is 115 Å². The van der Waals surface area contributed by atoms with Gasteiger partial charge in [0, 0.05) is 34.9 Å². The summed E-state index contributed by atoms with van der Waals surface area (Å²) in [7, 11) is -8.57. The van der Waals surface area contributed by atoms with E-state index in [2.05, 4.69) is 49.3 Å². The standard InChI is InChI=1S/C39H50Br2NO11PS2/c1-39(21-19-30-9-6-22-42-30,20-18-27-7-4-3-5-8-27)53-54(52-34-24-38(50-35(34)25-43)56(46,47)32-16-12-29(41)13-17-32)49-26-36-33(48-2)23-37(51-36)55(44,45)31-14-10-28(40)11-15-31/h3-5,7-8,10-17,30,33-38,42-43H,6,9,18-26H2,1-2H3/t30-,33-,34-,35?,36?,37+,38+,39?,54?/m1/s1. The lowest BCUT2D eigenvalue weighted by Crippen LogP contribution is -2.34. The van der Waals surface area contributed by atoms with Crippen molar-refractivity contribution in [2.75, 3.05) is 26.9 Å². The first-order valence-electron chi connectivity index (χ1n) is 18.8. The molecule has 0 radical (unpaired) electrons. The molecule has 6 rings (SSSR count). The molecule has 0 bridgehead atoms. The van der Waals surface area contributed by atoms with Crippen LogP contribution < -0.4 is 5.32 Å². The Morgan fingerprint density at radius 2 is 1.43 bits per heavy atom. The zero-order valence-electron chi connectivity index (χ0n) is 31.4. The number of hydrogen-bond acceptors (Lipinski definition) is 12. The van der Waals surface area contributed by atoms with Gasteiger partial charge in [0.05, 0.1) is 40.8 Å². The molecule has 3 aromatic rings. The molecule has 0 spiro atoms. The minimum Gasteiger partial charge on any atom is -0.394 e. The van der Waals surface area contributed by atoms with Crippen LogP contribution in [0.25, 0.3) is 0 Å². The smallest absolute Gasteiger partial charge is 0.333 e. The van der Waals surface area contributed by atoms with Crippen LogP contribution in [0.4, 0.5) is 0 Å². The highest BCUT2D eigenvalue weighted by atomic mass is 79.9. The number of aliphatic hydroxyl groups is 1. The van der Waals surface area contributed by atoms with E-state index in [0.717, 1.165) is 46.7 Å². The third-order valence-corrected chi connectivity index (χ3v) is 16.9. The highest BCUT2D eigenvalue weighted by Gasteiger charge is 2.47. The Balaban J connectivity index is 1.23. The summed E-state index contributed by atoms with van der Waals surface area (Å²) in [5, 5.41) is 14.0. The Labute approximate surface area is 348 Å². The Kier molecular flexibility index (Phi) is 15.6. The molecule has 9 atom stereocenters. The number of benzene rings is 3. The van der Waals surface area contributed by atoms with Gasteiger partial charge < -0.3 is 38.2 Å². The summed E-state index contributed by atoms with van der Waals surface area (Å²) in [5.41, 5.74) is -2.04. The second-order valence-electron chi connectivity index (χ2n) is 14.7. The third kappa shape index (κ3) is 11.3. The highest BCUT2D eigenvalue weighted by molar-refractivity contribution is 9.10. The average Bonchev–Trinajstić information content (AvgIpc) is 3.97.